The highest BCUT2D eigenvalue weighted by Crippen LogP contribution is 2.31. The minimum absolute atomic E-state index is 0.646. The SMILES string of the molecule is CCN(c1ccccc1C)c1c(C#N)c(C)nn1C. The molecule has 4 nitrogen and oxygen atoms in total. The zero-order valence-corrected chi connectivity index (χ0v) is 11.8. The van der Waals surface area contributed by atoms with Crippen LogP contribution in [0, 0.1) is 25.2 Å². The standard InChI is InChI=1S/C15H18N4/c1-5-19(14-9-7-6-8-11(14)2)15-13(10-16)12(3)17-18(15)4/h6-9H,5H2,1-4H3. The smallest absolute Gasteiger partial charge is 0.149 e. The van der Waals surface area contributed by atoms with Gasteiger partial charge in [-0.05, 0) is 32.4 Å². The van der Waals surface area contributed by atoms with Crippen LogP contribution in [0.25, 0.3) is 0 Å². The van der Waals surface area contributed by atoms with Gasteiger partial charge in [-0.2, -0.15) is 10.4 Å². The van der Waals surface area contributed by atoms with E-state index in [1.165, 1.54) is 5.56 Å². The molecule has 0 N–H and O–H groups in total. The summed E-state index contributed by atoms with van der Waals surface area (Å²) in [4.78, 5) is 2.13. The molecule has 2 rings (SSSR count). The van der Waals surface area contributed by atoms with E-state index in [0.29, 0.717) is 5.56 Å². The Kier molecular flexibility index (Phi) is 3.57. The highest BCUT2D eigenvalue weighted by atomic mass is 15.4. The van der Waals surface area contributed by atoms with Crippen molar-refractivity contribution in [3.63, 3.8) is 0 Å². The minimum Gasteiger partial charge on any atom is -0.326 e. The molecule has 0 amide bonds. The Hall–Kier alpha value is -2.28. The van der Waals surface area contributed by atoms with Crippen LogP contribution in [0.15, 0.2) is 24.3 Å². The van der Waals surface area contributed by atoms with Crippen LogP contribution < -0.4 is 4.90 Å². The van der Waals surface area contributed by atoms with Gasteiger partial charge in [0.15, 0.2) is 0 Å². The lowest BCUT2D eigenvalue weighted by molar-refractivity contribution is 0.741. The number of para-hydroxylation sites is 1. The van der Waals surface area contributed by atoms with Crippen LogP contribution in [-0.4, -0.2) is 16.3 Å². The maximum absolute atomic E-state index is 9.34. The fraction of sp³-hybridized carbons (Fsp3) is 0.333. The van der Waals surface area contributed by atoms with Crippen LogP contribution >= 0.6 is 0 Å². The Balaban J connectivity index is 2.62. The maximum atomic E-state index is 9.34. The molecule has 0 bridgehead atoms. The van der Waals surface area contributed by atoms with E-state index in [2.05, 4.69) is 42.0 Å². The van der Waals surface area contributed by atoms with Crippen LogP contribution in [-0.2, 0) is 7.05 Å². The molecule has 0 saturated carbocycles. The maximum Gasteiger partial charge on any atom is 0.149 e. The summed E-state index contributed by atoms with van der Waals surface area (Å²) in [6.07, 6.45) is 0. The Morgan fingerprint density at radius 3 is 2.58 bits per heavy atom. The summed E-state index contributed by atoms with van der Waals surface area (Å²) in [7, 11) is 1.88. The molecule has 0 unspecified atom stereocenters. The van der Waals surface area contributed by atoms with Crippen molar-refractivity contribution in [2.45, 2.75) is 20.8 Å². The Morgan fingerprint density at radius 2 is 2.00 bits per heavy atom. The summed E-state index contributed by atoms with van der Waals surface area (Å²) in [6, 6.07) is 10.4. The molecule has 0 aliphatic heterocycles. The number of rotatable bonds is 3. The molecule has 1 heterocycles. The molecule has 1 aromatic heterocycles. The first-order chi connectivity index (χ1) is 9.10. The van der Waals surface area contributed by atoms with E-state index in [1.807, 2.05) is 26.1 Å². The molecule has 19 heavy (non-hydrogen) atoms. The van der Waals surface area contributed by atoms with Gasteiger partial charge in [0.2, 0.25) is 0 Å². The van der Waals surface area contributed by atoms with Gasteiger partial charge in [0, 0.05) is 19.3 Å². The molecule has 0 radical (unpaired) electrons. The van der Waals surface area contributed by atoms with Gasteiger partial charge in [-0.15, -0.1) is 0 Å². The number of aromatic nitrogens is 2. The predicted octanol–water partition coefficient (Wildman–Crippen LogP) is 3.07. The second kappa shape index (κ2) is 5.15. The van der Waals surface area contributed by atoms with E-state index < -0.39 is 0 Å². The second-order valence-corrected chi connectivity index (χ2v) is 4.55. The van der Waals surface area contributed by atoms with Gasteiger partial charge in [-0.1, -0.05) is 18.2 Å². The lowest BCUT2D eigenvalue weighted by atomic mass is 10.1. The number of hydrogen-bond donors (Lipinski definition) is 0. The molecule has 0 spiro atoms. The van der Waals surface area contributed by atoms with Crippen LogP contribution in [0.3, 0.4) is 0 Å². The minimum atomic E-state index is 0.646. The van der Waals surface area contributed by atoms with Crippen LogP contribution in [0.5, 0.6) is 0 Å². The summed E-state index contributed by atoms with van der Waals surface area (Å²) in [6.45, 7) is 6.81. The zero-order valence-electron chi connectivity index (χ0n) is 11.8. The van der Waals surface area contributed by atoms with E-state index >= 15 is 0 Å². The highest BCUT2D eigenvalue weighted by Gasteiger charge is 2.20. The Morgan fingerprint density at radius 1 is 1.32 bits per heavy atom. The number of aryl methyl sites for hydroxylation is 3. The van der Waals surface area contributed by atoms with Gasteiger partial charge >= 0.3 is 0 Å². The van der Waals surface area contributed by atoms with Crippen molar-refractivity contribution in [3.05, 3.63) is 41.1 Å². The molecule has 0 atom stereocenters. The van der Waals surface area contributed by atoms with E-state index in [4.69, 9.17) is 0 Å². The topological polar surface area (TPSA) is 44.9 Å². The molecule has 98 valence electrons. The van der Waals surface area contributed by atoms with Crippen molar-refractivity contribution >= 4 is 11.5 Å². The van der Waals surface area contributed by atoms with Gasteiger partial charge in [-0.3, -0.25) is 4.68 Å². The van der Waals surface area contributed by atoms with E-state index in [9.17, 15) is 5.26 Å². The van der Waals surface area contributed by atoms with Crippen molar-refractivity contribution in [1.82, 2.24) is 9.78 Å². The average molecular weight is 254 g/mol. The quantitative estimate of drug-likeness (QED) is 0.845. The normalized spacial score (nSPS) is 10.3. The third-order valence-corrected chi connectivity index (χ3v) is 3.28. The lowest BCUT2D eigenvalue weighted by Gasteiger charge is -2.25. The van der Waals surface area contributed by atoms with Gasteiger partial charge < -0.3 is 4.90 Å². The van der Waals surface area contributed by atoms with Crippen molar-refractivity contribution in [2.75, 3.05) is 11.4 Å². The van der Waals surface area contributed by atoms with Gasteiger partial charge in [0.05, 0.1) is 5.69 Å². The molecule has 1 aromatic carbocycles. The van der Waals surface area contributed by atoms with Crippen LogP contribution in [0.4, 0.5) is 11.5 Å². The summed E-state index contributed by atoms with van der Waals surface area (Å²) in [5.41, 5.74) is 3.72. The predicted molar refractivity (Wildman–Crippen MR) is 76.5 cm³/mol. The van der Waals surface area contributed by atoms with Crippen molar-refractivity contribution in [2.24, 2.45) is 7.05 Å². The van der Waals surface area contributed by atoms with E-state index in [-0.39, 0.29) is 0 Å². The first-order valence-electron chi connectivity index (χ1n) is 6.37. The van der Waals surface area contributed by atoms with E-state index in [0.717, 1.165) is 23.7 Å². The fourth-order valence-corrected chi connectivity index (χ4v) is 2.39. The van der Waals surface area contributed by atoms with Crippen LogP contribution in [0.2, 0.25) is 0 Å². The molecular weight excluding hydrogens is 236 g/mol. The van der Waals surface area contributed by atoms with Crippen LogP contribution in [0.1, 0.15) is 23.7 Å². The monoisotopic (exact) mass is 254 g/mol. The highest BCUT2D eigenvalue weighted by molar-refractivity contribution is 5.69. The van der Waals surface area contributed by atoms with Crippen molar-refractivity contribution in [3.8, 4) is 6.07 Å². The summed E-state index contributed by atoms with van der Waals surface area (Å²) < 4.78 is 1.78. The van der Waals surface area contributed by atoms with Gasteiger partial charge in [0.25, 0.3) is 0 Å². The first-order valence-corrected chi connectivity index (χ1v) is 6.37. The van der Waals surface area contributed by atoms with Gasteiger partial charge in [0.1, 0.15) is 17.5 Å². The molecular formula is C15H18N4. The van der Waals surface area contributed by atoms with E-state index in [1.54, 1.807) is 4.68 Å². The lowest BCUT2D eigenvalue weighted by Crippen LogP contribution is -2.21. The van der Waals surface area contributed by atoms with Crippen molar-refractivity contribution in [1.29, 1.82) is 5.26 Å². The molecule has 4 heteroatoms. The summed E-state index contributed by atoms with van der Waals surface area (Å²) >= 11 is 0. The third-order valence-electron chi connectivity index (χ3n) is 3.28. The Bertz CT molecular complexity index is 634. The van der Waals surface area contributed by atoms with Gasteiger partial charge in [-0.25, -0.2) is 0 Å². The summed E-state index contributed by atoms with van der Waals surface area (Å²) in [5, 5.41) is 13.7. The Labute approximate surface area is 113 Å². The molecule has 0 fully saturated rings. The number of nitrogens with zero attached hydrogens (tertiary/aromatic N) is 4. The number of benzene rings is 1. The number of hydrogen-bond acceptors (Lipinski definition) is 3. The second-order valence-electron chi connectivity index (χ2n) is 4.55. The average Bonchev–Trinajstić information content (AvgIpc) is 2.67. The van der Waals surface area contributed by atoms with Crippen molar-refractivity contribution < 1.29 is 0 Å². The fourth-order valence-electron chi connectivity index (χ4n) is 2.39. The number of nitriles is 1. The molecule has 0 aliphatic rings. The summed E-state index contributed by atoms with van der Waals surface area (Å²) in [5.74, 6) is 0.858. The zero-order chi connectivity index (χ0) is 14.0. The molecule has 2 aromatic rings. The third kappa shape index (κ3) is 2.19. The first kappa shape index (κ1) is 13.2. The number of anilines is 2. The molecule has 0 saturated heterocycles. The molecule has 0 aliphatic carbocycles. The largest absolute Gasteiger partial charge is 0.326 e.